The summed E-state index contributed by atoms with van der Waals surface area (Å²) >= 11 is 1.48. The third-order valence-corrected chi connectivity index (χ3v) is 7.12. The number of carbonyl (C=O) groups excluding carboxylic acids is 1. The molecule has 5 rings (SSSR count). The molecule has 1 fully saturated rings. The third kappa shape index (κ3) is 3.66. The average molecular weight is 444 g/mol. The first-order chi connectivity index (χ1) is 15.5. The van der Waals surface area contributed by atoms with Gasteiger partial charge in [0.25, 0.3) is 5.56 Å². The van der Waals surface area contributed by atoms with Gasteiger partial charge in [0.1, 0.15) is 9.83 Å². The van der Waals surface area contributed by atoms with Crippen molar-refractivity contribution in [3.63, 3.8) is 0 Å². The zero-order valence-electron chi connectivity index (χ0n) is 18.1. The number of fused-ring (bicyclic) bond motifs is 1. The molecule has 4 aromatic rings. The Hall–Kier alpha value is -3.22. The minimum absolute atomic E-state index is 0.0300. The number of rotatable bonds is 6. The number of benzene rings is 2. The zero-order valence-corrected chi connectivity index (χ0v) is 18.9. The first kappa shape index (κ1) is 20.7. The second-order valence-corrected chi connectivity index (χ2v) is 9.45. The molecule has 1 aliphatic heterocycles. The van der Waals surface area contributed by atoms with E-state index in [1.54, 1.807) is 16.7 Å². The van der Waals surface area contributed by atoms with E-state index in [4.69, 9.17) is 0 Å². The van der Waals surface area contributed by atoms with E-state index in [0.717, 1.165) is 34.0 Å². The molecular formula is C26H25N3O2S. The number of nitrogens with zero attached hydrogens (tertiary/aromatic N) is 2. The van der Waals surface area contributed by atoms with Crippen LogP contribution >= 0.6 is 11.3 Å². The van der Waals surface area contributed by atoms with Gasteiger partial charge in [0.05, 0.1) is 17.3 Å². The summed E-state index contributed by atoms with van der Waals surface area (Å²) in [4.78, 5) is 29.6. The highest BCUT2D eigenvalue weighted by Crippen LogP contribution is 2.38. The number of carbonyl (C=O) groups is 1. The van der Waals surface area contributed by atoms with Crippen LogP contribution in [0.1, 0.15) is 29.8 Å². The minimum atomic E-state index is -0.107. The van der Waals surface area contributed by atoms with Crippen molar-refractivity contribution in [2.75, 3.05) is 18.4 Å². The Morgan fingerprint density at radius 2 is 1.62 bits per heavy atom. The number of para-hydroxylation sites is 1. The van der Waals surface area contributed by atoms with Crippen LogP contribution in [0.5, 0.6) is 0 Å². The van der Waals surface area contributed by atoms with Gasteiger partial charge in [-0.2, -0.15) is 0 Å². The molecule has 0 bridgehead atoms. The quantitative estimate of drug-likeness (QED) is 0.436. The van der Waals surface area contributed by atoms with Crippen molar-refractivity contribution in [1.82, 2.24) is 9.47 Å². The molecule has 162 valence electrons. The number of pyridine rings is 1. The maximum atomic E-state index is 13.6. The van der Waals surface area contributed by atoms with Gasteiger partial charge >= 0.3 is 0 Å². The fraction of sp³-hybridized carbons (Fsp3) is 0.231. The molecular weight excluding hydrogens is 418 g/mol. The van der Waals surface area contributed by atoms with Crippen molar-refractivity contribution in [3.8, 4) is 5.69 Å². The Bertz CT molecular complexity index is 1320. The van der Waals surface area contributed by atoms with Crippen LogP contribution in [-0.4, -0.2) is 40.4 Å². The van der Waals surface area contributed by atoms with Gasteiger partial charge in [-0.05, 0) is 32.0 Å². The topological polar surface area (TPSA) is 54.3 Å². The Kier molecular flexibility index (Phi) is 5.41. The average Bonchev–Trinajstić information content (AvgIpc) is 3.14. The van der Waals surface area contributed by atoms with Gasteiger partial charge in [-0.15, -0.1) is 0 Å². The lowest BCUT2D eigenvalue weighted by Gasteiger charge is -2.42. The van der Waals surface area contributed by atoms with Crippen LogP contribution in [-0.2, 0) is 0 Å². The van der Waals surface area contributed by atoms with Crippen LogP contribution < -0.4 is 10.9 Å². The Balaban J connectivity index is 1.65. The third-order valence-electron chi connectivity index (χ3n) is 5.99. The lowest BCUT2D eigenvalue weighted by atomic mass is 10.0. The van der Waals surface area contributed by atoms with Gasteiger partial charge in [0.15, 0.2) is 5.78 Å². The number of aromatic nitrogens is 1. The SMILES string of the molecule is CC(C)N1CC(Nc2sc3c(ccc(=O)n3-c3ccccc3)c2C(=O)c2ccccc2)C1. The van der Waals surface area contributed by atoms with E-state index in [1.807, 2.05) is 60.7 Å². The number of thiophene rings is 1. The number of likely N-dealkylation sites (tertiary alicyclic amines) is 1. The lowest BCUT2D eigenvalue weighted by molar-refractivity contribution is 0.104. The van der Waals surface area contributed by atoms with E-state index >= 15 is 0 Å². The van der Waals surface area contributed by atoms with Gasteiger partial charge in [0.2, 0.25) is 0 Å². The smallest absolute Gasteiger partial charge is 0.256 e. The molecule has 1 N–H and O–H groups in total. The van der Waals surface area contributed by atoms with E-state index in [0.29, 0.717) is 17.2 Å². The number of anilines is 1. The lowest BCUT2D eigenvalue weighted by Crippen LogP contribution is -2.57. The van der Waals surface area contributed by atoms with Crippen LogP contribution in [0, 0.1) is 0 Å². The molecule has 2 aromatic heterocycles. The summed E-state index contributed by atoms with van der Waals surface area (Å²) in [6, 6.07) is 23.1. The number of nitrogens with one attached hydrogen (secondary N) is 1. The highest BCUT2D eigenvalue weighted by molar-refractivity contribution is 7.23. The molecule has 32 heavy (non-hydrogen) atoms. The molecule has 0 unspecified atom stereocenters. The Morgan fingerprint density at radius 3 is 2.28 bits per heavy atom. The monoisotopic (exact) mass is 443 g/mol. The fourth-order valence-corrected chi connectivity index (χ4v) is 5.47. The molecule has 1 aliphatic rings. The van der Waals surface area contributed by atoms with E-state index in [-0.39, 0.29) is 17.4 Å². The highest BCUT2D eigenvalue weighted by atomic mass is 32.1. The molecule has 0 aliphatic carbocycles. The predicted octanol–water partition coefficient (Wildman–Crippen LogP) is 4.79. The molecule has 0 atom stereocenters. The molecule has 3 heterocycles. The van der Waals surface area contributed by atoms with Crippen molar-refractivity contribution >= 4 is 32.3 Å². The molecule has 2 aromatic carbocycles. The van der Waals surface area contributed by atoms with Crippen molar-refractivity contribution in [2.24, 2.45) is 0 Å². The molecule has 0 amide bonds. The van der Waals surface area contributed by atoms with Crippen molar-refractivity contribution in [1.29, 1.82) is 0 Å². The van der Waals surface area contributed by atoms with Crippen LogP contribution in [0.15, 0.2) is 77.6 Å². The Labute approximate surface area is 190 Å². The summed E-state index contributed by atoms with van der Waals surface area (Å²) < 4.78 is 1.70. The van der Waals surface area contributed by atoms with E-state index in [1.165, 1.54) is 11.3 Å². The summed E-state index contributed by atoms with van der Waals surface area (Å²) in [5.41, 5.74) is 1.98. The van der Waals surface area contributed by atoms with E-state index < -0.39 is 0 Å². The van der Waals surface area contributed by atoms with Crippen LogP contribution in [0.3, 0.4) is 0 Å². The van der Waals surface area contributed by atoms with Crippen molar-refractivity contribution < 1.29 is 4.79 Å². The highest BCUT2D eigenvalue weighted by Gasteiger charge is 2.31. The molecule has 5 nitrogen and oxygen atoms in total. The first-order valence-corrected chi connectivity index (χ1v) is 11.7. The van der Waals surface area contributed by atoms with Gasteiger partial charge < -0.3 is 5.32 Å². The summed E-state index contributed by atoms with van der Waals surface area (Å²) in [5, 5.41) is 5.24. The van der Waals surface area contributed by atoms with Gasteiger partial charge in [-0.25, -0.2) is 0 Å². The largest absolute Gasteiger partial charge is 0.371 e. The zero-order chi connectivity index (χ0) is 22.2. The first-order valence-electron chi connectivity index (χ1n) is 10.9. The molecule has 0 saturated carbocycles. The Morgan fingerprint density at radius 1 is 0.969 bits per heavy atom. The summed E-state index contributed by atoms with van der Waals surface area (Å²) in [6.07, 6.45) is 0. The fourth-order valence-electron chi connectivity index (χ4n) is 4.18. The van der Waals surface area contributed by atoms with Crippen LogP contribution in [0.25, 0.3) is 15.9 Å². The molecule has 0 radical (unpaired) electrons. The summed E-state index contributed by atoms with van der Waals surface area (Å²) in [6.45, 7) is 6.27. The molecule has 1 saturated heterocycles. The van der Waals surface area contributed by atoms with Crippen LogP contribution in [0.2, 0.25) is 0 Å². The maximum absolute atomic E-state index is 13.6. The van der Waals surface area contributed by atoms with E-state index in [9.17, 15) is 9.59 Å². The maximum Gasteiger partial charge on any atom is 0.256 e. The second kappa shape index (κ2) is 8.37. The molecule has 0 spiro atoms. The number of hydrogen-bond acceptors (Lipinski definition) is 5. The van der Waals surface area contributed by atoms with Crippen molar-refractivity contribution in [3.05, 3.63) is 94.3 Å². The summed E-state index contributed by atoms with van der Waals surface area (Å²) in [7, 11) is 0. The minimum Gasteiger partial charge on any atom is -0.371 e. The predicted molar refractivity (Wildman–Crippen MR) is 131 cm³/mol. The number of ketones is 1. The standard InChI is InChI=1S/C26H25N3O2S/c1-17(2)28-15-19(16-28)27-25-23(24(31)18-9-5-3-6-10-18)21-13-14-22(30)29(26(21)32-25)20-11-7-4-8-12-20/h3-14,17,19,27H,15-16H2,1-2H3. The second-order valence-electron chi connectivity index (χ2n) is 8.45. The van der Waals surface area contributed by atoms with Gasteiger partial charge in [-0.3, -0.25) is 19.1 Å². The normalized spacial score (nSPS) is 14.6. The van der Waals surface area contributed by atoms with Gasteiger partial charge in [-0.1, -0.05) is 59.9 Å². The van der Waals surface area contributed by atoms with Gasteiger partial charge in [0, 0.05) is 36.1 Å². The van der Waals surface area contributed by atoms with E-state index in [2.05, 4.69) is 24.1 Å². The molecule has 6 heteroatoms. The number of hydrogen-bond donors (Lipinski definition) is 1. The van der Waals surface area contributed by atoms with Crippen LogP contribution in [0.4, 0.5) is 5.00 Å². The summed E-state index contributed by atoms with van der Waals surface area (Å²) in [5.74, 6) is -0.0300. The van der Waals surface area contributed by atoms with Crippen molar-refractivity contribution in [2.45, 2.75) is 25.9 Å².